The van der Waals surface area contributed by atoms with Crippen LogP contribution in [0.3, 0.4) is 0 Å². The normalized spacial score (nSPS) is 14.9. The first-order valence-corrected chi connectivity index (χ1v) is 11.2. The second kappa shape index (κ2) is 8.71. The van der Waals surface area contributed by atoms with Gasteiger partial charge in [-0.15, -0.1) is 11.3 Å². The Hall–Kier alpha value is -3.65. The molecular formula is C25H22FN3O3S. The number of hydrogen-bond acceptors (Lipinski definition) is 6. The Labute approximate surface area is 195 Å². The van der Waals surface area contributed by atoms with Gasteiger partial charge in [0.15, 0.2) is 10.8 Å². The van der Waals surface area contributed by atoms with Crippen LogP contribution in [-0.2, 0) is 19.7 Å². The minimum atomic E-state index is -0.586. The highest BCUT2D eigenvalue weighted by atomic mass is 32.1. The molecule has 0 bridgehead atoms. The Morgan fingerprint density at radius 3 is 2.45 bits per heavy atom. The minimum Gasteiger partial charge on any atom is -0.402 e. The van der Waals surface area contributed by atoms with E-state index in [2.05, 4.69) is 30.7 Å². The van der Waals surface area contributed by atoms with E-state index >= 15 is 0 Å². The number of carbonyl (C=O) groups excluding carboxylic acids is 2. The summed E-state index contributed by atoms with van der Waals surface area (Å²) in [5.41, 5.74) is 2.49. The van der Waals surface area contributed by atoms with Gasteiger partial charge in [-0.2, -0.15) is 0 Å². The number of anilines is 2. The smallest absolute Gasteiger partial charge is 0.363 e. The fraction of sp³-hybridized carbons (Fsp3) is 0.200. The second-order valence-corrected chi connectivity index (χ2v) is 9.36. The highest BCUT2D eigenvalue weighted by Gasteiger charge is 2.26. The van der Waals surface area contributed by atoms with Crippen molar-refractivity contribution in [3.05, 3.63) is 82.2 Å². The number of benzene rings is 2. The Kier molecular flexibility index (Phi) is 5.95. The standard InChI is InChI=1S/C25H22FN3O3S/c1-15(30)29(21-8-6-5-7-19(21)26)24-27-18(14-33-24)13-20-23(31)32-22(28-20)16-9-11-17(12-10-16)25(2,3)4/h5-14H,1-4H3/b20-13+. The zero-order valence-corrected chi connectivity index (χ0v) is 19.4. The van der Waals surface area contributed by atoms with E-state index in [-0.39, 0.29) is 33.7 Å². The van der Waals surface area contributed by atoms with Gasteiger partial charge < -0.3 is 4.74 Å². The second-order valence-electron chi connectivity index (χ2n) is 8.52. The predicted octanol–water partition coefficient (Wildman–Crippen LogP) is 5.61. The Bertz CT molecular complexity index is 1290. The summed E-state index contributed by atoms with van der Waals surface area (Å²) < 4.78 is 19.6. The van der Waals surface area contributed by atoms with Crippen LogP contribution in [-0.4, -0.2) is 22.8 Å². The van der Waals surface area contributed by atoms with Crippen molar-refractivity contribution in [2.75, 3.05) is 4.90 Å². The van der Waals surface area contributed by atoms with Crippen molar-refractivity contribution < 1.29 is 18.7 Å². The molecule has 1 aromatic heterocycles. The summed E-state index contributed by atoms with van der Waals surface area (Å²) in [4.78, 5) is 34.5. The van der Waals surface area contributed by atoms with Gasteiger partial charge in [0, 0.05) is 17.9 Å². The largest absolute Gasteiger partial charge is 0.402 e. The monoisotopic (exact) mass is 463 g/mol. The number of thiazole rings is 1. The topological polar surface area (TPSA) is 71.9 Å². The van der Waals surface area contributed by atoms with E-state index in [0.717, 1.165) is 16.9 Å². The van der Waals surface area contributed by atoms with E-state index < -0.39 is 11.8 Å². The first-order valence-electron chi connectivity index (χ1n) is 10.3. The number of para-hydroxylation sites is 1. The summed E-state index contributed by atoms with van der Waals surface area (Å²) in [5.74, 6) is -1.28. The molecule has 2 aromatic carbocycles. The molecule has 0 fully saturated rings. The Morgan fingerprint density at radius 1 is 1.12 bits per heavy atom. The van der Waals surface area contributed by atoms with Crippen molar-refractivity contribution in [2.45, 2.75) is 33.1 Å². The summed E-state index contributed by atoms with van der Waals surface area (Å²) in [5, 5.41) is 1.95. The molecule has 8 heteroatoms. The minimum absolute atomic E-state index is 0.0104. The van der Waals surface area contributed by atoms with Gasteiger partial charge in [0.2, 0.25) is 11.8 Å². The number of halogens is 1. The zero-order chi connectivity index (χ0) is 23.8. The summed E-state index contributed by atoms with van der Waals surface area (Å²) in [6.45, 7) is 7.70. The third-order valence-electron chi connectivity index (χ3n) is 5.01. The first-order chi connectivity index (χ1) is 15.6. The first kappa shape index (κ1) is 22.5. The Balaban J connectivity index is 1.61. The van der Waals surface area contributed by atoms with Crippen LogP contribution < -0.4 is 4.90 Å². The predicted molar refractivity (Wildman–Crippen MR) is 127 cm³/mol. The van der Waals surface area contributed by atoms with Gasteiger partial charge in [-0.05, 0) is 41.3 Å². The molecule has 0 spiro atoms. The van der Waals surface area contributed by atoms with Gasteiger partial charge in [-0.25, -0.2) is 19.2 Å². The summed E-state index contributed by atoms with van der Waals surface area (Å²) in [6, 6.07) is 13.7. The van der Waals surface area contributed by atoms with Gasteiger partial charge >= 0.3 is 5.97 Å². The molecule has 0 aliphatic carbocycles. The van der Waals surface area contributed by atoms with Crippen molar-refractivity contribution in [1.82, 2.24) is 4.98 Å². The maximum atomic E-state index is 14.3. The molecule has 1 amide bonds. The SMILES string of the molecule is CC(=O)N(c1nc(/C=C2/N=C(c3ccc(C(C)(C)C)cc3)OC2=O)cs1)c1ccccc1F. The molecule has 1 aliphatic rings. The lowest BCUT2D eigenvalue weighted by molar-refractivity contribution is -0.130. The number of aromatic nitrogens is 1. The molecule has 0 N–H and O–H groups in total. The molecule has 168 valence electrons. The van der Waals surface area contributed by atoms with Crippen LogP contribution in [0.5, 0.6) is 0 Å². The van der Waals surface area contributed by atoms with E-state index in [0.29, 0.717) is 11.3 Å². The summed E-state index contributed by atoms with van der Waals surface area (Å²) in [6.07, 6.45) is 1.48. The maximum absolute atomic E-state index is 14.3. The van der Waals surface area contributed by atoms with E-state index in [9.17, 15) is 14.0 Å². The zero-order valence-electron chi connectivity index (χ0n) is 18.6. The molecule has 33 heavy (non-hydrogen) atoms. The molecular weight excluding hydrogens is 441 g/mol. The van der Waals surface area contributed by atoms with Crippen LogP contribution in [0.15, 0.2) is 64.6 Å². The third-order valence-corrected chi connectivity index (χ3v) is 5.86. The highest BCUT2D eigenvalue weighted by molar-refractivity contribution is 7.14. The lowest BCUT2D eigenvalue weighted by Crippen LogP contribution is -2.23. The van der Waals surface area contributed by atoms with Gasteiger partial charge in [-0.3, -0.25) is 9.69 Å². The van der Waals surface area contributed by atoms with Gasteiger partial charge in [-0.1, -0.05) is 45.0 Å². The number of esters is 1. The average Bonchev–Trinajstić information content (AvgIpc) is 3.36. The Morgan fingerprint density at radius 2 is 1.82 bits per heavy atom. The van der Waals surface area contributed by atoms with Crippen molar-refractivity contribution in [1.29, 1.82) is 0 Å². The third kappa shape index (κ3) is 4.75. The number of aliphatic imine (C=N–C) groups is 1. The summed E-state index contributed by atoms with van der Waals surface area (Å²) in [7, 11) is 0. The van der Waals surface area contributed by atoms with Crippen LogP contribution in [0.4, 0.5) is 15.2 Å². The van der Waals surface area contributed by atoms with Crippen LogP contribution in [0.25, 0.3) is 6.08 Å². The molecule has 1 aliphatic heterocycles. The van der Waals surface area contributed by atoms with Crippen molar-refractivity contribution >= 4 is 46.0 Å². The van der Waals surface area contributed by atoms with Crippen molar-refractivity contribution in [3.63, 3.8) is 0 Å². The lowest BCUT2D eigenvalue weighted by atomic mass is 9.87. The maximum Gasteiger partial charge on any atom is 0.363 e. The number of carbonyl (C=O) groups is 2. The molecule has 0 atom stereocenters. The van der Waals surface area contributed by atoms with E-state index in [1.807, 2.05) is 24.3 Å². The van der Waals surface area contributed by atoms with Crippen molar-refractivity contribution in [3.8, 4) is 0 Å². The molecule has 0 saturated heterocycles. The fourth-order valence-corrected chi connectivity index (χ4v) is 4.11. The molecule has 4 rings (SSSR count). The van der Waals surface area contributed by atoms with Crippen LogP contribution >= 0.6 is 11.3 Å². The molecule has 0 saturated carbocycles. The fourth-order valence-electron chi connectivity index (χ4n) is 3.27. The number of amides is 1. The van der Waals surface area contributed by atoms with Crippen LogP contribution in [0.1, 0.15) is 44.5 Å². The number of rotatable bonds is 4. The number of nitrogens with zero attached hydrogens (tertiary/aromatic N) is 3. The van der Waals surface area contributed by atoms with E-state index in [4.69, 9.17) is 4.74 Å². The molecule has 0 radical (unpaired) electrons. The molecule has 6 nitrogen and oxygen atoms in total. The van der Waals surface area contributed by atoms with Gasteiger partial charge in [0.1, 0.15) is 5.82 Å². The number of hydrogen-bond donors (Lipinski definition) is 0. The van der Waals surface area contributed by atoms with Gasteiger partial charge in [0.05, 0.1) is 11.4 Å². The average molecular weight is 464 g/mol. The molecule has 3 aromatic rings. The summed E-state index contributed by atoms with van der Waals surface area (Å²) >= 11 is 1.16. The van der Waals surface area contributed by atoms with Crippen LogP contribution in [0, 0.1) is 5.82 Å². The molecule has 2 heterocycles. The highest BCUT2D eigenvalue weighted by Crippen LogP contribution is 2.32. The van der Waals surface area contributed by atoms with E-state index in [1.54, 1.807) is 17.5 Å². The van der Waals surface area contributed by atoms with Crippen LogP contribution in [0.2, 0.25) is 0 Å². The van der Waals surface area contributed by atoms with E-state index in [1.165, 1.54) is 30.0 Å². The number of ether oxygens (including phenoxy) is 1. The lowest BCUT2D eigenvalue weighted by Gasteiger charge is -2.18. The molecule has 0 unspecified atom stereocenters. The number of cyclic esters (lactones) is 1. The van der Waals surface area contributed by atoms with Gasteiger partial charge in [0.25, 0.3) is 0 Å². The quantitative estimate of drug-likeness (QED) is 0.373. The van der Waals surface area contributed by atoms with Crippen molar-refractivity contribution in [2.24, 2.45) is 4.99 Å².